The van der Waals surface area contributed by atoms with Crippen molar-refractivity contribution in [3.63, 3.8) is 0 Å². The summed E-state index contributed by atoms with van der Waals surface area (Å²) in [7, 11) is 0. The molecule has 2 rings (SSSR count). The minimum absolute atomic E-state index is 0.0480. The molecule has 5 heteroatoms. The molecule has 0 radical (unpaired) electrons. The van der Waals surface area contributed by atoms with Gasteiger partial charge in [-0.15, -0.1) is 0 Å². The van der Waals surface area contributed by atoms with Crippen LogP contribution in [0.2, 0.25) is 0 Å². The summed E-state index contributed by atoms with van der Waals surface area (Å²) in [5.41, 5.74) is 5.73. The summed E-state index contributed by atoms with van der Waals surface area (Å²) in [6.07, 6.45) is -3.52. The average Bonchev–Trinajstić information content (AvgIpc) is 2.48. The maximum Gasteiger partial charge on any atom is 0.420 e. The standard InChI is InChI=1S/C17H18F3NO/c1-3-11(2)12-4-7-14(8-5-12)22-16-9-6-13(21)10-15(16)17(18,19)20/h4-11H,3,21H2,1-2H3/t11-/m0/s1. The first kappa shape index (κ1) is 16.2. The Morgan fingerprint density at radius 1 is 1.09 bits per heavy atom. The summed E-state index contributed by atoms with van der Waals surface area (Å²) in [5, 5.41) is 0. The molecule has 1 atom stereocenters. The molecule has 0 fully saturated rings. The molecule has 0 aliphatic carbocycles. The minimum atomic E-state index is -4.51. The number of ether oxygens (including phenoxy) is 1. The number of anilines is 1. The topological polar surface area (TPSA) is 35.2 Å². The van der Waals surface area contributed by atoms with E-state index in [0.717, 1.165) is 18.1 Å². The van der Waals surface area contributed by atoms with Crippen molar-refractivity contribution in [2.75, 3.05) is 5.73 Å². The van der Waals surface area contributed by atoms with Crippen LogP contribution in [-0.4, -0.2) is 0 Å². The van der Waals surface area contributed by atoms with Crippen LogP contribution in [0.25, 0.3) is 0 Å². The molecule has 0 amide bonds. The van der Waals surface area contributed by atoms with Gasteiger partial charge in [-0.25, -0.2) is 0 Å². The first-order valence-electron chi connectivity index (χ1n) is 7.05. The molecule has 0 spiro atoms. The lowest BCUT2D eigenvalue weighted by Gasteiger charge is -2.15. The number of halogens is 3. The fraction of sp³-hybridized carbons (Fsp3) is 0.294. The summed E-state index contributed by atoms with van der Waals surface area (Å²) in [5.74, 6) is 0.511. The summed E-state index contributed by atoms with van der Waals surface area (Å²) >= 11 is 0. The monoisotopic (exact) mass is 309 g/mol. The Labute approximate surface area is 127 Å². The van der Waals surface area contributed by atoms with Crippen molar-refractivity contribution in [3.05, 3.63) is 53.6 Å². The van der Waals surface area contributed by atoms with E-state index >= 15 is 0 Å². The van der Waals surface area contributed by atoms with Crippen LogP contribution < -0.4 is 10.5 Å². The van der Waals surface area contributed by atoms with Gasteiger partial charge in [-0.1, -0.05) is 26.0 Å². The summed E-state index contributed by atoms with van der Waals surface area (Å²) in [4.78, 5) is 0. The zero-order valence-corrected chi connectivity index (χ0v) is 12.4. The predicted molar refractivity (Wildman–Crippen MR) is 81.1 cm³/mol. The molecule has 0 saturated carbocycles. The third-order valence-corrected chi connectivity index (χ3v) is 3.60. The van der Waals surface area contributed by atoms with Gasteiger partial charge in [-0.2, -0.15) is 13.2 Å². The Kier molecular flexibility index (Phi) is 4.64. The molecule has 2 N–H and O–H groups in total. The molecule has 0 unspecified atom stereocenters. The normalized spacial score (nSPS) is 13.0. The van der Waals surface area contributed by atoms with Crippen LogP contribution in [0, 0.1) is 0 Å². The fourth-order valence-corrected chi connectivity index (χ4v) is 2.09. The number of hydrogen-bond donors (Lipinski definition) is 1. The number of nitrogens with two attached hydrogens (primary N) is 1. The van der Waals surface area contributed by atoms with Gasteiger partial charge in [-0.05, 0) is 48.2 Å². The van der Waals surface area contributed by atoms with Gasteiger partial charge >= 0.3 is 6.18 Å². The fourth-order valence-electron chi connectivity index (χ4n) is 2.09. The van der Waals surface area contributed by atoms with Crippen LogP contribution in [0.3, 0.4) is 0 Å². The van der Waals surface area contributed by atoms with Crippen molar-refractivity contribution in [2.45, 2.75) is 32.4 Å². The van der Waals surface area contributed by atoms with Crippen molar-refractivity contribution in [3.8, 4) is 11.5 Å². The molecule has 2 aromatic rings. The van der Waals surface area contributed by atoms with E-state index in [1.807, 2.05) is 12.1 Å². The van der Waals surface area contributed by atoms with Crippen LogP contribution in [0.4, 0.5) is 18.9 Å². The first-order chi connectivity index (χ1) is 10.3. The van der Waals surface area contributed by atoms with Gasteiger partial charge in [0.1, 0.15) is 17.1 Å². The van der Waals surface area contributed by atoms with Crippen LogP contribution in [-0.2, 0) is 6.18 Å². The van der Waals surface area contributed by atoms with Crippen LogP contribution in [0.1, 0.15) is 37.3 Å². The van der Waals surface area contributed by atoms with E-state index in [-0.39, 0.29) is 11.4 Å². The van der Waals surface area contributed by atoms with Crippen molar-refractivity contribution in [2.24, 2.45) is 0 Å². The predicted octanol–water partition coefficient (Wildman–Crippen LogP) is 5.59. The number of rotatable bonds is 4. The van der Waals surface area contributed by atoms with E-state index in [1.165, 1.54) is 12.1 Å². The van der Waals surface area contributed by atoms with Gasteiger partial charge in [0.2, 0.25) is 0 Å². The zero-order chi connectivity index (χ0) is 16.3. The summed E-state index contributed by atoms with van der Waals surface area (Å²) < 4.78 is 44.4. The lowest BCUT2D eigenvalue weighted by Crippen LogP contribution is -2.08. The van der Waals surface area contributed by atoms with Gasteiger partial charge in [0, 0.05) is 5.69 Å². The molecule has 0 aliphatic rings. The van der Waals surface area contributed by atoms with E-state index in [4.69, 9.17) is 10.5 Å². The van der Waals surface area contributed by atoms with Gasteiger partial charge < -0.3 is 10.5 Å². The van der Waals surface area contributed by atoms with Crippen molar-refractivity contribution >= 4 is 5.69 Å². The second kappa shape index (κ2) is 6.30. The quantitative estimate of drug-likeness (QED) is 0.747. The molecule has 22 heavy (non-hydrogen) atoms. The zero-order valence-electron chi connectivity index (χ0n) is 12.4. The Hall–Kier alpha value is -2.17. The molecule has 2 nitrogen and oxygen atoms in total. The van der Waals surface area contributed by atoms with Crippen molar-refractivity contribution in [1.82, 2.24) is 0 Å². The van der Waals surface area contributed by atoms with Crippen LogP contribution >= 0.6 is 0 Å². The number of benzene rings is 2. The van der Waals surface area contributed by atoms with E-state index in [0.29, 0.717) is 11.7 Å². The number of alkyl halides is 3. The van der Waals surface area contributed by atoms with E-state index < -0.39 is 11.7 Å². The summed E-state index contributed by atoms with van der Waals surface area (Å²) in [6, 6.07) is 10.6. The average molecular weight is 309 g/mol. The van der Waals surface area contributed by atoms with Gasteiger partial charge in [0.05, 0.1) is 0 Å². The number of hydrogen-bond acceptors (Lipinski definition) is 2. The molecular formula is C17H18F3NO. The van der Waals surface area contributed by atoms with Crippen molar-refractivity contribution < 1.29 is 17.9 Å². The largest absolute Gasteiger partial charge is 0.457 e. The molecule has 0 saturated heterocycles. The Morgan fingerprint density at radius 2 is 1.73 bits per heavy atom. The first-order valence-corrected chi connectivity index (χ1v) is 7.05. The molecule has 118 valence electrons. The maximum atomic E-state index is 13.0. The lowest BCUT2D eigenvalue weighted by atomic mass is 9.99. The Balaban J connectivity index is 2.28. The van der Waals surface area contributed by atoms with Gasteiger partial charge in [0.25, 0.3) is 0 Å². The molecular weight excluding hydrogens is 291 g/mol. The highest BCUT2D eigenvalue weighted by molar-refractivity contribution is 5.50. The third kappa shape index (κ3) is 3.72. The second-order valence-electron chi connectivity index (χ2n) is 5.23. The smallest absolute Gasteiger partial charge is 0.420 e. The van der Waals surface area contributed by atoms with Gasteiger partial charge in [0.15, 0.2) is 0 Å². The number of nitrogen functional groups attached to an aromatic ring is 1. The Morgan fingerprint density at radius 3 is 2.27 bits per heavy atom. The van der Waals surface area contributed by atoms with Crippen LogP contribution in [0.5, 0.6) is 11.5 Å². The summed E-state index contributed by atoms with van der Waals surface area (Å²) in [6.45, 7) is 4.18. The molecule has 2 aromatic carbocycles. The highest BCUT2D eigenvalue weighted by Gasteiger charge is 2.34. The van der Waals surface area contributed by atoms with E-state index in [2.05, 4.69) is 13.8 Å². The highest BCUT2D eigenvalue weighted by atomic mass is 19.4. The SMILES string of the molecule is CC[C@H](C)c1ccc(Oc2ccc(N)cc2C(F)(F)F)cc1. The third-order valence-electron chi connectivity index (χ3n) is 3.60. The minimum Gasteiger partial charge on any atom is -0.457 e. The molecule has 0 heterocycles. The van der Waals surface area contributed by atoms with Gasteiger partial charge in [-0.3, -0.25) is 0 Å². The highest BCUT2D eigenvalue weighted by Crippen LogP contribution is 2.39. The van der Waals surface area contributed by atoms with E-state index in [1.54, 1.807) is 12.1 Å². The lowest BCUT2D eigenvalue weighted by molar-refractivity contribution is -0.138. The molecule has 0 aliphatic heterocycles. The molecule has 0 aromatic heterocycles. The van der Waals surface area contributed by atoms with E-state index in [9.17, 15) is 13.2 Å². The van der Waals surface area contributed by atoms with Crippen LogP contribution in [0.15, 0.2) is 42.5 Å². The second-order valence-corrected chi connectivity index (χ2v) is 5.23. The maximum absolute atomic E-state index is 13.0. The Bertz CT molecular complexity index is 635. The van der Waals surface area contributed by atoms with Crippen molar-refractivity contribution in [1.29, 1.82) is 0 Å². The molecule has 0 bridgehead atoms.